The molecular formula is C27H28F3N3O3. The van der Waals surface area contributed by atoms with Gasteiger partial charge >= 0.3 is 6.36 Å². The molecule has 0 radical (unpaired) electrons. The van der Waals surface area contributed by atoms with E-state index in [1.807, 2.05) is 12.1 Å². The molecule has 0 aromatic heterocycles. The second kappa shape index (κ2) is 9.61. The number of hydrogen-bond acceptors (Lipinski definition) is 4. The van der Waals surface area contributed by atoms with Gasteiger partial charge < -0.3 is 15.0 Å². The predicted octanol–water partition coefficient (Wildman–Crippen LogP) is 4.71. The number of fused-ring (bicyclic) bond motifs is 1. The third kappa shape index (κ3) is 5.26. The molecule has 2 aromatic rings. The van der Waals surface area contributed by atoms with Gasteiger partial charge in [0.25, 0.3) is 5.91 Å². The van der Waals surface area contributed by atoms with Gasteiger partial charge in [0.1, 0.15) is 11.8 Å². The summed E-state index contributed by atoms with van der Waals surface area (Å²) in [5.41, 5.74) is 4.27. The zero-order valence-electron chi connectivity index (χ0n) is 19.8. The molecule has 3 aliphatic heterocycles. The van der Waals surface area contributed by atoms with Crippen LogP contribution in [0.15, 0.2) is 54.7 Å². The van der Waals surface area contributed by atoms with E-state index in [0.717, 1.165) is 37.1 Å². The highest BCUT2D eigenvalue weighted by Crippen LogP contribution is 2.34. The van der Waals surface area contributed by atoms with E-state index >= 15 is 0 Å². The topological polar surface area (TPSA) is 61.9 Å². The summed E-state index contributed by atoms with van der Waals surface area (Å²) in [4.78, 5) is 29.3. The molecule has 2 fully saturated rings. The normalized spacial score (nSPS) is 21.5. The summed E-state index contributed by atoms with van der Waals surface area (Å²) in [7, 11) is 0. The Kier molecular flexibility index (Phi) is 6.51. The number of piperidine rings is 2. The molecule has 0 bridgehead atoms. The minimum atomic E-state index is -4.70. The third-order valence-corrected chi connectivity index (χ3v) is 7.26. The van der Waals surface area contributed by atoms with Crippen molar-refractivity contribution in [3.8, 4) is 5.75 Å². The lowest BCUT2D eigenvalue weighted by atomic mass is 9.87. The van der Waals surface area contributed by atoms with E-state index in [0.29, 0.717) is 43.1 Å². The number of carbonyl (C=O) groups is 2. The van der Waals surface area contributed by atoms with Crippen LogP contribution in [0.25, 0.3) is 0 Å². The van der Waals surface area contributed by atoms with Crippen LogP contribution in [0.4, 0.5) is 13.2 Å². The highest BCUT2D eigenvalue weighted by molar-refractivity contribution is 6.01. The van der Waals surface area contributed by atoms with E-state index in [4.69, 9.17) is 0 Å². The maximum atomic E-state index is 13.0. The Labute approximate surface area is 207 Å². The summed E-state index contributed by atoms with van der Waals surface area (Å²) in [6.45, 7) is 6.45. The van der Waals surface area contributed by atoms with Gasteiger partial charge in [-0.15, -0.1) is 13.2 Å². The number of amides is 2. The van der Waals surface area contributed by atoms with Gasteiger partial charge in [0.05, 0.1) is 0 Å². The molecule has 2 aromatic carbocycles. The maximum Gasteiger partial charge on any atom is 0.573 e. The van der Waals surface area contributed by atoms with Crippen LogP contribution in [0.3, 0.4) is 0 Å². The number of likely N-dealkylation sites (tertiary alicyclic amines) is 1. The van der Waals surface area contributed by atoms with Crippen LogP contribution in [-0.4, -0.2) is 47.1 Å². The van der Waals surface area contributed by atoms with Crippen molar-refractivity contribution in [1.82, 2.24) is 15.1 Å². The van der Waals surface area contributed by atoms with E-state index in [1.54, 1.807) is 17.0 Å². The first-order chi connectivity index (χ1) is 17.2. The lowest BCUT2D eigenvalue weighted by Gasteiger charge is -2.32. The van der Waals surface area contributed by atoms with E-state index in [2.05, 4.69) is 27.6 Å². The third-order valence-electron chi connectivity index (χ3n) is 7.26. The van der Waals surface area contributed by atoms with E-state index in [1.165, 1.54) is 17.7 Å². The maximum absolute atomic E-state index is 13.0. The van der Waals surface area contributed by atoms with Crippen molar-refractivity contribution < 1.29 is 27.5 Å². The van der Waals surface area contributed by atoms with Crippen LogP contribution in [0.2, 0.25) is 0 Å². The molecule has 190 valence electrons. The number of rotatable bonds is 5. The number of halogens is 3. The van der Waals surface area contributed by atoms with E-state index < -0.39 is 12.4 Å². The van der Waals surface area contributed by atoms with Gasteiger partial charge in [-0.25, -0.2) is 0 Å². The van der Waals surface area contributed by atoms with Crippen molar-refractivity contribution in [3.05, 3.63) is 77.0 Å². The predicted molar refractivity (Wildman–Crippen MR) is 127 cm³/mol. The van der Waals surface area contributed by atoms with Crippen LogP contribution in [0.1, 0.15) is 58.6 Å². The van der Waals surface area contributed by atoms with Crippen LogP contribution in [0, 0.1) is 0 Å². The molecule has 36 heavy (non-hydrogen) atoms. The molecule has 6 nitrogen and oxygen atoms in total. The molecule has 9 heteroatoms. The average Bonchev–Trinajstić information content (AvgIpc) is 3.14. The Balaban J connectivity index is 1.19. The highest BCUT2D eigenvalue weighted by Gasteiger charge is 2.38. The second-order valence-electron chi connectivity index (χ2n) is 9.74. The lowest BCUT2D eigenvalue weighted by molar-refractivity contribution is -0.274. The standard InChI is InChI=1S/C27H28F3N3O3/c1-17-5-8-24(25(34)31-17)33-16-21-14-20(6-7-23(21)26(33)35)19-9-11-32(12-10-19)15-18-3-2-4-22(13-18)36-27(28,29)30/h2-4,6-7,13-14,19,24H,1,5,8-12,15-16H2,(H,31,34). The van der Waals surface area contributed by atoms with Gasteiger partial charge in [-0.05, 0) is 79.6 Å². The molecule has 1 unspecified atom stereocenters. The molecule has 0 spiro atoms. The van der Waals surface area contributed by atoms with Crippen molar-refractivity contribution in [2.24, 2.45) is 0 Å². The summed E-state index contributed by atoms with van der Waals surface area (Å²) in [5.74, 6) is -0.129. The van der Waals surface area contributed by atoms with Crippen molar-refractivity contribution in [2.45, 2.75) is 57.1 Å². The Bertz CT molecular complexity index is 1190. The van der Waals surface area contributed by atoms with Crippen LogP contribution in [0.5, 0.6) is 5.75 Å². The van der Waals surface area contributed by atoms with E-state index in [9.17, 15) is 22.8 Å². The number of alkyl halides is 3. The molecule has 5 rings (SSSR count). The van der Waals surface area contributed by atoms with Gasteiger partial charge in [-0.2, -0.15) is 0 Å². The van der Waals surface area contributed by atoms with Gasteiger partial charge in [0.2, 0.25) is 5.91 Å². The van der Waals surface area contributed by atoms with Crippen molar-refractivity contribution in [1.29, 1.82) is 0 Å². The van der Waals surface area contributed by atoms with Crippen molar-refractivity contribution in [2.75, 3.05) is 13.1 Å². The van der Waals surface area contributed by atoms with Crippen molar-refractivity contribution >= 4 is 11.8 Å². The Morgan fingerprint density at radius 2 is 1.83 bits per heavy atom. The molecule has 2 saturated heterocycles. The number of allylic oxidation sites excluding steroid dienone is 1. The molecule has 3 heterocycles. The summed E-state index contributed by atoms with van der Waals surface area (Å²) < 4.78 is 41.6. The van der Waals surface area contributed by atoms with E-state index in [-0.39, 0.29) is 17.6 Å². The number of nitrogens with zero attached hydrogens (tertiary/aromatic N) is 2. The Morgan fingerprint density at radius 3 is 2.56 bits per heavy atom. The first-order valence-corrected chi connectivity index (χ1v) is 12.2. The van der Waals surface area contributed by atoms with Gasteiger partial charge in [0, 0.05) is 24.4 Å². The van der Waals surface area contributed by atoms with Crippen LogP contribution >= 0.6 is 0 Å². The molecule has 1 N–H and O–H groups in total. The zero-order chi connectivity index (χ0) is 25.4. The van der Waals surface area contributed by atoms with Crippen LogP contribution < -0.4 is 10.1 Å². The number of ether oxygens (including phenoxy) is 1. The summed E-state index contributed by atoms with van der Waals surface area (Å²) in [5, 5.41) is 2.76. The minimum absolute atomic E-state index is 0.101. The molecule has 1 atom stereocenters. The first kappa shape index (κ1) is 24.4. The molecular weight excluding hydrogens is 471 g/mol. The quantitative estimate of drug-likeness (QED) is 0.647. The second-order valence-corrected chi connectivity index (χ2v) is 9.74. The summed E-state index contributed by atoms with van der Waals surface area (Å²) in [6.07, 6.45) is -1.61. The Hall–Kier alpha value is -3.33. The van der Waals surface area contributed by atoms with Gasteiger partial charge in [0.15, 0.2) is 0 Å². The SMILES string of the molecule is C=C1CCC(N2Cc3cc(C4CCN(Cc5cccc(OC(F)(F)F)c5)CC4)ccc3C2=O)C(=O)N1. The summed E-state index contributed by atoms with van der Waals surface area (Å²) >= 11 is 0. The molecule has 3 aliphatic rings. The molecule has 0 aliphatic carbocycles. The highest BCUT2D eigenvalue weighted by atomic mass is 19.4. The average molecular weight is 500 g/mol. The number of carbonyl (C=O) groups excluding carboxylic acids is 2. The fourth-order valence-corrected chi connectivity index (χ4v) is 5.45. The van der Waals surface area contributed by atoms with Gasteiger partial charge in [-0.1, -0.05) is 30.8 Å². The largest absolute Gasteiger partial charge is 0.573 e. The fourth-order valence-electron chi connectivity index (χ4n) is 5.45. The number of benzene rings is 2. The number of nitrogens with one attached hydrogen (secondary N) is 1. The summed E-state index contributed by atoms with van der Waals surface area (Å²) in [6, 6.07) is 11.7. The van der Waals surface area contributed by atoms with Gasteiger partial charge in [-0.3, -0.25) is 14.5 Å². The monoisotopic (exact) mass is 499 g/mol. The lowest BCUT2D eigenvalue weighted by Crippen LogP contribution is -2.49. The smallest absolute Gasteiger partial charge is 0.406 e. The van der Waals surface area contributed by atoms with Crippen molar-refractivity contribution in [3.63, 3.8) is 0 Å². The number of hydrogen-bond donors (Lipinski definition) is 1. The molecule has 2 amide bonds. The zero-order valence-corrected chi connectivity index (χ0v) is 19.8. The first-order valence-electron chi connectivity index (χ1n) is 12.2. The van der Waals surface area contributed by atoms with Crippen LogP contribution in [-0.2, 0) is 17.9 Å². The minimum Gasteiger partial charge on any atom is -0.406 e. The fraction of sp³-hybridized carbons (Fsp3) is 0.407. The Morgan fingerprint density at radius 1 is 1.06 bits per heavy atom. The molecule has 0 saturated carbocycles.